The molecule has 0 aliphatic heterocycles. The van der Waals surface area contributed by atoms with Gasteiger partial charge in [0, 0.05) is 24.2 Å². The number of amides is 2. The Morgan fingerprint density at radius 3 is 2.21 bits per heavy atom. The number of likely N-dealkylation sites (N-methyl/N-ethyl adjacent to an activating group) is 1. The van der Waals surface area contributed by atoms with Crippen molar-refractivity contribution in [1.29, 1.82) is 0 Å². The Bertz CT molecular complexity index is 1170. The molecule has 0 atom stereocenters. The third-order valence-electron chi connectivity index (χ3n) is 5.45. The smallest absolute Gasteiger partial charge is 0.255 e. The molecule has 0 bridgehead atoms. The van der Waals surface area contributed by atoms with Gasteiger partial charge in [-0.15, -0.1) is 0 Å². The van der Waals surface area contributed by atoms with E-state index in [-0.39, 0.29) is 42.1 Å². The second kappa shape index (κ2) is 10.7. The Balaban J connectivity index is 1.76. The molecule has 0 spiro atoms. The first-order valence-electron chi connectivity index (χ1n) is 10.8. The van der Waals surface area contributed by atoms with Crippen LogP contribution < -0.4 is 5.32 Å². The van der Waals surface area contributed by atoms with Crippen LogP contribution in [0.2, 0.25) is 0 Å². The number of halogens is 1. The first kappa shape index (κ1) is 23.9. The van der Waals surface area contributed by atoms with E-state index in [1.54, 1.807) is 43.3 Å². The molecule has 6 heteroatoms. The van der Waals surface area contributed by atoms with Crippen LogP contribution in [0, 0.1) is 19.7 Å². The van der Waals surface area contributed by atoms with E-state index in [2.05, 4.69) is 5.32 Å². The maximum atomic E-state index is 13.3. The molecule has 3 rings (SSSR count). The topological polar surface area (TPSA) is 66.5 Å². The fourth-order valence-electron chi connectivity index (χ4n) is 3.52. The normalized spacial score (nSPS) is 10.5. The molecule has 2 amide bonds. The molecule has 1 N–H and O–H groups in total. The molecule has 3 aromatic carbocycles. The highest BCUT2D eigenvalue weighted by Gasteiger charge is 2.24. The summed E-state index contributed by atoms with van der Waals surface area (Å²) in [7, 11) is 0. The zero-order valence-electron chi connectivity index (χ0n) is 19.0. The van der Waals surface area contributed by atoms with E-state index in [0.717, 1.165) is 16.7 Å². The average molecular weight is 447 g/mol. The molecule has 0 aliphatic carbocycles. The van der Waals surface area contributed by atoms with Crippen LogP contribution in [-0.4, -0.2) is 35.6 Å². The van der Waals surface area contributed by atoms with E-state index in [0.29, 0.717) is 17.7 Å². The van der Waals surface area contributed by atoms with Crippen molar-refractivity contribution >= 4 is 17.6 Å². The van der Waals surface area contributed by atoms with Crippen LogP contribution in [0.1, 0.15) is 49.9 Å². The van der Waals surface area contributed by atoms with Crippen molar-refractivity contribution in [3.8, 4) is 0 Å². The largest absolute Gasteiger partial charge is 0.350 e. The molecular formula is C27H27FN2O3. The third-order valence-corrected chi connectivity index (χ3v) is 5.45. The van der Waals surface area contributed by atoms with Gasteiger partial charge in [0.05, 0.1) is 12.1 Å². The van der Waals surface area contributed by atoms with Gasteiger partial charge < -0.3 is 10.2 Å². The number of benzene rings is 3. The molecule has 0 saturated carbocycles. The monoisotopic (exact) mass is 446 g/mol. The van der Waals surface area contributed by atoms with Crippen LogP contribution in [-0.2, 0) is 11.3 Å². The molecule has 33 heavy (non-hydrogen) atoms. The zero-order valence-corrected chi connectivity index (χ0v) is 19.0. The Morgan fingerprint density at radius 2 is 1.55 bits per heavy atom. The van der Waals surface area contributed by atoms with Gasteiger partial charge in [-0.05, 0) is 56.2 Å². The highest BCUT2D eigenvalue weighted by Crippen LogP contribution is 2.20. The van der Waals surface area contributed by atoms with Gasteiger partial charge in [0.1, 0.15) is 5.82 Å². The van der Waals surface area contributed by atoms with Crippen molar-refractivity contribution in [2.75, 3.05) is 13.1 Å². The van der Waals surface area contributed by atoms with Crippen molar-refractivity contribution in [2.24, 2.45) is 0 Å². The number of carbonyl (C=O) groups is 3. The van der Waals surface area contributed by atoms with Gasteiger partial charge in [0.25, 0.3) is 5.91 Å². The maximum absolute atomic E-state index is 13.3. The number of ketones is 1. The van der Waals surface area contributed by atoms with Crippen molar-refractivity contribution in [1.82, 2.24) is 10.2 Å². The number of rotatable bonds is 8. The van der Waals surface area contributed by atoms with Gasteiger partial charge in [0.2, 0.25) is 5.91 Å². The van der Waals surface area contributed by atoms with Crippen LogP contribution in [0.5, 0.6) is 0 Å². The summed E-state index contributed by atoms with van der Waals surface area (Å²) in [6.07, 6.45) is 0. The lowest BCUT2D eigenvalue weighted by atomic mass is 9.94. The summed E-state index contributed by atoms with van der Waals surface area (Å²) in [4.78, 5) is 40.4. The molecular weight excluding hydrogens is 419 g/mol. The van der Waals surface area contributed by atoms with Crippen molar-refractivity contribution in [3.05, 3.63) is 106 Å². The quantitative estimate of drug-likeness (QED) is 0.520. The SMILES string of the molecule is CCN(CC(=O)NCc1ccc(F)cc1)C(=O)c1ccccc1C(=O)c1cc(C)ccc1C. The van der Waals surface area contributed by atoms with E-state index in [1.165, 1.54) is 17.0 Å². The standard InChI is InChI=1S/C27H27FN2O3/c1-4-30(17-25(31)29-16-20-11-13-21(28)14-12-20)27(33)23-8-6-5-7-22(23)26(32)24-15-18(2)9-10-19(24)3/h5-15H,4,16-17H2,1-3H3,(H,29,31). The lowest BCUT2D eigenvalue weighted by Gasteiger charge is -2.22. The summed E-state index contributed by atoms with van der Waals surface area (Å²) in [5.74, 6) is -1.30. The number of nitrogens with zero attached hydrogens (tertiary/aromatic N) is 1. The van der Waals surface area contributed by atoms with E-state index in [4.69, 9.17) is 0 Å². The molecule has 0 saturated heterocycles. The first-order chi connectivity index (χ1) is 15.8. The van der Waals surface area contributed by atoms with Crippen molar-refractivity contribution in [2.45, 2.75) is 27.3 Å². The van der Waals surface area contributed by atoms with Gasteiger partial charge in [-0.2, -0.15) is 0 Å². The van der Waals surface area contributed by atoms with Gasteiger partial charge in [-0.25, -0.2) is 4.39 Å². The van der Waals surface area contributed by atoms with Crippen LogP contribution in [0.3, 0.4) is 0 Å². The average Bonchev–Trinajstić information content (AvgIpc) is 2.82. The minimum Gasteiger partial charge on any atom is -0.350 e. The zero-order chi connectivity index (χ0) is 24.0. The number of carbonyl (C=O) groups excluding carboxylic acids is 3. The second-order valence-corrected chi connectivity index (χ2v) is 7.92. The molecule has 0 unspecified atom stereocenters. The highest BCUT2D eigenvalue weighted by atomic mass is 19.1. The van der Waals surface area contributed by atoms with Crippen LogP contribution in [0.4, 0.5) is 4.39 Å². The summed E-state index contributed by atoms with van der Waals surface area (Å²) < 4.78 is 13.0. The van der Waals surface area contributed by atoms with Gasteiger partial charge in [-0.1, -0.05) is 48.0 Å². The summed E-state index contributed by atoms with van der Waals surface area (Å²) in [5.41, 5.74) is 3.66. The lowest BCUT2D eigenvalue weighted by Crippen LogP contribution is -2.40. The lowest BCUT2D eigenvalue weighted by molar-refractivity contribution is -0.121. The van der Waals surface area contributed by atoms with E-state index < -0.39 is 0 Å². The second-order valence-electron chi connectivity index (χ2n) is 7.92. The fraction of sp³-hybridized carbons (Fsp3) is 0.222. The molecule has 0 radical (unpaired) electrons. The number of nitrogens with one attached hydrogen (secondary N) is 1. The summed E-state index contributed by atoms with van der Waals surface area (Å²) >= 11 is 0. The van der Waals surface area contributed by atoms with Gasteiger partial charge in [-0.3, -0.25) is 14.4 Å². The predicted molar refractivity (Wildman–Crippen MR) is 126 cm³/mol. The summed E-state index contributed by atoms with van der Waals surface area (Å²) in [6, 6.07) is 18.2. The number of hydrogen-bond donors (Lipinski definition) is 1. The Labute approximate surface area is 193 Å². The summed E-state index contributed by atoms with van der Waals surface area (Å²) in [5, 5.41) is 2.74. The predicted octanol–water partition coefficient (Wildman–Crippen LogP) is 4.45. The molecule has 0 fully saturated rings. The van der Waals surface area contributed by atoms with Crippen molar-refractivity contribution < 1.29 is 18.8 Å². The number of hydrogen-bond acceptors (Lipinski definition) is 3. The molecule has 0 aliphatic rings. The molecule has 0 heterocycles. The van der Waals surface area contributed by atoms with E-state index in [9.17, 15) is 18.8 Å². The van der Waals surface area contributed by atoms with Gasteiger partial charge in [0.15, 0.2) is 5.78 Å². The van der Waals surface area contributed by atoms with Crippen LogP contribution in [0.25, 0.3) is 0 Å². The Kier molecular flexibility index (Phi) is 7.72. The fourth-order valence-corrected chi connectivity index (χ4v) is 3.52. The molecule has 5 nitrogen and oxygen atoms in total. The van der Waals surface area contributed by atoms with Crippen LogP contribution >= 0.6 is 0 Å². The Hall–Kier alpha value is -3.80. The Morgan fingerprint density at radius 1 is 0.879 bits per heavy atom. The third kappa shape index (κ3) is 5.92. The first-order valence-corrected chi connectivity index (χ1v) is 10.8. The minimum atomic E-state index is -0.385. The van der Waals surface area contributed by atoms with Crippen molar-refractivity contribution in [3.63, 3.8) is 0 Å². The van der Waals surface area contributed by atoms with Gasteiger partial charge >= 0.3 is 0 Å². The molecule has 170 valence electrons. The number of aryl methyl sites for hydroxylation is 2. The molecule has 3 aromatic rings. The molecule has 0 aromatic heterocycles. The van der Waals surface area contributed by atoms with Crippen LogP contribution in [0.15, 0.2) is 66.7 Å². The minimum absolute atomic E-state index is 0.150. The maximum Gasteiger partial charge on any atom is 0.255 e. The van der Waals surface area contributed by atoms with E-state index >= 15 is 0 Å². The highest BCUT2D eigenvalue weighted by molar-refractivity contribution is 6.16. The van der Waals surface area contributed by atoms with E-state index in [1.807, 2.05) is 32.0 Å². The summed E-state index contributed by atoms with van der Waals surface area (Å²) in [6.45, 7) is 5.93.